The highest BCUT2D eigenvalue weighted by atomic mass is 127. The Morgan fingerprint density at radius 1 is 1.67 bits per heavy atom. The van der Waals surface area contributed by atoms with Crippen LogP contribution in [0, 0.1) is 3.57 Å². The molecule has 1 rings (SSSR count). The number of hydrogen-bond acceptors (Lipinski definition) is 4. The first-order chi connectivity index (χ1) is 6.99. The average Bonchev–Trinajstić information content (AvgIpc) is 2.19. The van der Waals surface area contributed by atoms with Gasteiger partial charge in [-0.3, -0.25) is 0 Å². The number of ether oxygens (including phenoxy) is 1. The fourth-order valence-corrected chi connectivity index (χ4v) is 1.69. The molecule has 0 atom stereocenters. The van der Waals surface area contributed by atoms with Crippen molar-refractivity contribution in [2.75, 3.05) is 12.8 Å². The van der Waals surface area contributed by atoms with Crippen molar-refractivity contribution >= 4 is 34.4 Å². The number of nitrogen functional groups attached to an aromatic ring is 1. The first-order valence-electron chi connectivity index (χ1n) is 3.79. The number of methoxy groups -OCH3 is 1. The molecule has 1 aromatic rings. The number of hydrogen-bond donors (Lipinski definition) is 1. The van der Waals surface area contributed by atoms with Gasteiger partial charge in [0.05, 0.1) is 12.7 Å². The van der Waals surface area contributed by atoms with Crippen LogP contribution in [0.2, 0.25) is 0 Å². The van der Waals surface area contributed by atoms with Crippen molar-refractivity contribution in [3.05, 3.63) is 20.9 Å². The van der Waals surface area contributed by atoms with Gasteiger partial charge in [-0.25, -0.2) is 18.6 Å². The Balaban J connectivity index is 3.45. The van der Waals surface area contributed by atoms with Gasteiger partial charge in [-0.1, -0.05) is 0 Å². The van der Waals surface area contributed by atoms with Crippen molar-refractivity contribution < 1.29 is 18.3 Å². The third-order valence-electron chi connectivity index (χ3n) is 1.71. The fraction of sp³-hybridized carbons (Fsp3) is 0.250. The van der Waals surface area contributed by atoms with Gasteiger partial charge >= 0.3 is 5.97 Å². The van der Waals surface area contributed by atoms with Crippen molar-refractivity contribution in [2.24, 2.45) is 0 Å². The summed E-state index contributed by atoms with van der Waals surface area (Å²) < 4.78 is 29.9. The Bertz CT molecular complexity index is 398. The van der Waals surface area contributed by atoms with Gasteiger partial charge < -0.3 is 10.5 Å². The first-order valence-corrected chi connectivity index (χ1v) is 4.87. The molecule has 0 amide bonds. The van der Waals surface area contributed by atoms with Crippen molar-refractivity contribution in [3.8, 4) is 0 Å². The molecule has 0 unspecified atom stereocenters. The highest BCUT2D eigenvalue weighted by molar-refractivity contribution is 14.1. The topological polar surface area (TPSA) is 65.2 Å². The molecule has 1 aromatic heterocycles. The zero-order valence-electron chi connectivity index (χ0n) is 7.63. The van der Waals surface area contributed by atoms with Gasteiger partial charge in [0.1, 0.15) is 11.4 Å². The monoisotopic (exact) mass is 328 g/mol. The molecule has 15 heavy (non-hydrogen) atoms. The number of halogens is 3. The van der Waals surface area contributed by atoms with Gasteiger partial charge in [-0.2, -0.15) is 0 Å². The molecule has 0 aliphatic carbocycles. The number of esters is 1. The molecule has 82 valence electrons. The maximum Gasteiger partial charge on any atom is 0.342 e. The molecule has 0 spiro atoms. The number of alkyl halides is 2. The number of anilines is 1. The molecular formula is C8H7F2IN2O2. The van der Waals surface area contributed by atoms with E-state index in [0.717, 1.165) is 7.11 Å². The molecule has 0 saturated carbocycles. The number of nitrogens with zero attached hydrogens (tertiary/aromatic N) is 1. The summed E-state index contributed by atoms with van der Waals surface area (Å²) in [7, 11) is 1.09. The van der Waals surface area contributed by atoms with E-state index in [2.05, 4.69) is 9.72 Å². The van der Waals surface area contributed by atoms with E-state index in [4.69, 9.17) is 5.73 Å². The van der Waals surface area contributed by atoms with Crippen LogP contribution in [0.4, 0.5) is 14.6 Å². The van der Waals surface area contributed by atoms with E-state index in [1.54, 1.807) is 22.6 Å². The number of carbonyl (C=O) groups is 1. The number of nitrogens with two attached hydrogens (primary N) is 1. The zero-order valence-corrected chi connectivity index (χ0v) is 9.79. The van der Waals surface area contributed by atoms with Gasteiger partial charge in [0.15, 0.2) is 0 Å². The Labute approximate surface area is 98.0 Å². The van der Waals surface area contributed by atoms with Crippen molar-refractivity contribution in [2.45, 2.75) is 6.43 Å². The van der Waals surface area contributed by atoms with Crippen LogP contribution < -0.4 is 5.73 Å². The fourth-order valence-electron chi connectivity index (χ4n) is 1.05. The normalized spacial score (nSPS) is 10.5. The molecular weight excluding hydrogens is 321 g/mol. The number of aromatic nitrogens is 1. The highest BCUT2D eigenvalue weighted by Crippen LogP contribution is 2.30. The van der Waals surface area contributed by atoms with E-state index in [9.17, 15) is 13.6 Å². The quantitative estimate of drug-likeness (QED) is 0.666. The standard InChI is InChI=1S/C8H7F2IN2O2/c1-15-8(14)5-4(6(9)10)3(11)2-13-7(5)12/h2,6H,1H3,(H2,12,13). The summed E-state index contributed by atoms with van der Waals surface area (Å²) in [5, 5.41) is 0. The molecule has 0 radical (unpaired) electrons. The van der Waals surface area contributed by atoms with Crippen LogP contribution in [-0.4, -0.2) is 18.1 Å². The zero-order chi connectivity index (χ0) is 11.6. The molecule has 0 bridgehead atoms. The Morgan fingerprint density at radius 3 is 2.73 bits per heavy atom. The summed E-state index contributed by atoms with van der Waals surface area (Å²) in [4.78, 5) is 14.9. The van der Waals surface area contributed by atoms with Crippen LogP contribution in [0.1, 0.15) is 22.3 Å². The van der Waals surface area contributed by atoms with Crippen LogP contribution in [0.3, 0.4) is 0 Å². The predicted octanol–water partition coefficient (Wildman–Crippen LogP) is 1.99. The second kappa shape index (κ2) is 4.69. The third kappa shape index (κ3) is 2.33. The SMILES string of the molecule is COC(=O)c1c(N)ncc(I)c1C(F)F. The van der Waals surface area contributed by atoms with E-state index < -0.39 is 18.0 Å². The minimum Gasteiger partial charge on any atom is -0.465 e. The molecule has 0 saturated heterocycles. The Morgan fingerprint density at radius 2 is 2.27 bits per heavy atom. The summed E-state index contributed by atoms with van der Waals surface area (Å²) in [5.74, 6) is -1.16. The van der Waals surface area contributed by atoms with Crippen LogP contribution in [0.5, 0.6) is 0 Å². The van der Waals surface area contributed by atoms with Crippen LogP contribution in [-0.2, 0) is 4.74 Å². The molecule has 1 heterocycles. The van der Waals surface area contributed by atoms with Crippen molar-refractivity contribution in [1.82, 2.24) is 4.98 Å². The number of carbonyl (C=O) groups excluding carboxylic acids is 1. The number of pyridine rings is 1. The van der Waals surface area contributed by atoms with E-state index in [1.165, 1.54) is 6.20 Å². The number of rotatable bonds is 2. The van der Waals surface area contributed by atoms with Crippen LogP contribution in [0.15, 0.2) is 6.20 Å². The third-order valence-corrected chi connectivity index (χ3v) is 2.57. The minimum atomic E-state index is -2.80. The Kier molecular flexibility index (Phi) is 3.77. The molecule has 2 N–H and O–H groups in total. The van der Waals surface area contributed by atoms with Crippen LogP contribution in [0.25, 0.3) is 0 Å². The van der Waals surface area contributed by atoms with Gasteiger partial charge in [0.2, 0.25) is 0 Å². The molecule has 4 nitrogen and oxygen atoms in total. The average molecular weight is 328 g/mol. The second-order valence-corrected chi connectivity index (χ2v) is 3.73. The lowest BCUT2D eigenvalue weighted by molar-refractivity contribution is 0.0590. The highest BCUT2D eigenvalue weighted by Gasteiger charge is 2.25. The van der Waals surface area contributed by atoms with Gasteiger partial charge in [0, 0.05) is 9.77 Å². The van der Waals surface area contributed by atoms with Crippen molar-refractivity contribution in [3.63, 3.8) is 0 Å². The van der Waals surface area contributed by atoms with Gasteiger partial charge in [-0.05, 0) is 22.6 Å². The Hall–Kier alpha value is -0.990. The van der Waals surface area contributed by atoms with E-state index in [1.807, 2.05) is 0 Å². The summed E-state index contributed by atoms with van der Waals surface area (Å²) in [6, 6.07) is 0. The largest absolute Gasteiger partial charge is 0.465 e. The van der Waals surface area contributed by atoms with E-state index >= 15 is 0 Å². The first kappa shape index (κ1) is 12.1. The van der Waals surface area contributed by atoms with E-state index in [-0.39, 0.29) is 15.0 Å². The molecule has 0 aliphatic rings. The summed E-state index contributed by atoms with van der Waals surface area (Å²) in [6.07, 6.45) is -1.61. The molecule has 0 aliphatic heterocycles. The predicted molar refractivity (Wildman–Crippen MR) is 57.7 cm³/mol. The lowest BCUT2D eigenvalue weighted by Gasteiger charge is -2.10. The van der Waals surface area contributed by atoms with Gasteiger partial charge in [-0.15, -0.1) is 0 Å². The maximum atomic E-state index is 12.7. The smallest absolute Gasteiger partial charge is 0.342 e. The van der Waals surface area contributed by atoms with E-state index in [0.29, 0.717) is 0 Å². The molecule has 0 aromatic carbocycles. The van der Waals surface area contributed by atoms with Gasteiger partial charge in [0.25, 0.3) is 6.43 Å². The molecule has 0 fully saturated rings. The van der Waals surface area contributed by atoms with Crippen molar-refractivity contribution in [1.29, 1.82) is 0 Å². The second-order valence-electron chi connectivity index (χ2n) is 2.57. The lowest BCUT2D eigenvalue weighted by Crippen LogP contribution is -2.13. The maximum absolute atomic E-state index is 12.7. The summed E-state index contributed by atoms with van der Waals surface area (Å²) in [6.45, 7) is 0. The minimum absolute atomic E-state index is 0.178. The lowest BCUT2D eigenvalue weighted by atomic mass is 10.1. The molecule has 7 heteroatoms. The van der Waals surface area contributed by atoms with Crippen LogP contribution >= 0.6 is 22.6 Å². The summed E-state index contributed by atoms with van der Waals surface area (Å²) >= 11 is 1.66. The summed E-state index contributed by atoms with van der Waals surface area (Å²) in [5.41, 5.74) is 4.56.